The molecule has 2 amide bonds. The third-order valence-electron chi connectivity index (χ3n) is 2.66. The monoisotopic (exact) mass is 307 g/mol. The van der Waals surface area contributed by atoms with Crippen molar-refractivity contribution < 1.29 is 9.59 Å². The van der Waals surface area contributed by atoms with Gasteiger partial charge in [0, 0.05) is 29.5 Å². The first-order valence-electron chi connectivity index (χ1n) is 6.08. The van der Waals surface area contributed by atoms with E-state index < -0.39 is 0 Å². The van der Waals surface area contributed by atoms with Crippen molar-refractivity contribution in [3.8, 4) is 0 Å². The van der Waals surface area contributed by atoms with Crippen LogP contribution in [0.4, 0.5) is 11.4 Å². The van der Waals surface area contributed by atoms with E-state index >= 15 is 0 Å². The molecule has 0 unspecified atom stereocenters. The van der Waals surface area contributed by atoms with Crippen LogP contribution in [0.5, 0.6) is 0 Å². The number of benzene rings is 1. The number of aromatic nitrogens is 2. The van der Waals surface area contributed by atoms with Crippen molar-refractivity contribution in [3.63, 3.8) is 0 Å². The van der Waals surface area contributed by atoms with E-state index in [0.29, 0.717) is 22.0 Å². The van der Waals surface area contributed by atoms with Crippen LogP contribution in [0.15, 0.2) is 30.6 Å². The van der Waals surface area contributed by atoms with Crippen LogP contribution in [0.1, 0.15) is 10.4 Å². The molecule has 0 aliphatic carbocycles. The Hall–Kier alpha value is -2.54. The van der Waals surface area contributed by atoms with Crippen molar-refractivity contribution in [1.82, 2.24) is 15.1 Å². The van der Waals surface area contributed by atoms with Crippen molar-refractivity contribution in [2.45, 2.75) is 6.54 Å². The molecular weight excluding hydrogens is 294 g/mol. The van der Waals surface area contributed by atoms with E-state index in [-0.39, 0.29) is 18.4 Å². The number of hydrogen-bond donors (Lipinski definition) is 3. The van der Waals surface area contributed by atoms with Gasteiger partial charge in [-0.25, -0.2) is 0 Å². The van der Waals surface area contributed by atoms with Crippen LogP contribution < -0.4 is 16.4 Å². The molecule has 0 aliphatic heterocycles. The van der Waals surface area contributed by atoms with Crippen LogP contribution >= 0.6 is 11.6 Å². The van der Waals surface area contributed by atoms with Crippen molar-refractivity contribution in [2.75, 3.05) is 18.1 Å². The van der Waals surface area contributed by atoms with E-state index in [2.05, 4.69) is 15.7 Å². The molecule has 0 bridgehead atoms. The summed E-state index contributed by atoms with van der Waals surface area (Å²) >= 11 is 5.85. The topological polar surface area (TPSA) is 102 Å². The van der Waals surface area contributed by atoms with Gasteiger partial charge in [-0.05, 0) is 18.2 Å². The van der Waals surface area contributed by atoms with E-state index in [1.54, 1.807) is 12.3 Å². The fraction of sp³-hybridized carbons (Fsp3) is 0.154. The van der Waals surface area contributed by atoms with Crippen molar-refractivity contribution >= 4 is 34.8 Å². The lowest BCUT2D eigenvalue weighted by molar-refractivity contribution is -0.121. The van der Waals surface area contributed by atoms with Crippen LogP contribution in [-0.4, -0.2) is 28.6 Å². The second kappa shape index (κ2) is 6.27. The van der Waals surface area contributed by atoms with E-state index in [9.17, 15) is 9.59 Å². The second-order valence-electron chi connectivity index (χ2n) is 4.33. The normalized spacial score (nSPS) is 10.2. The number of hydrogen-bond acceptors (Lipinski definition) is 4. The van der Waals surface area contributed by atoms with Gasteiger partial charge in [0.1, 0.15) is 6.54 Å². The molecule has 110 valence electrons. The van der Waals surface area contributed by atoms with Gasteiger partial charge >= 0.3 is 0 Å². The molecule has 21 heavy (non-hydrogen) atoms. The summed E-state index contributed by atoms with van der Waals surface area (Å²) in [6.45, 7) is 0.0798. The Morgan fingerprint density at radius 2 is 2.14 bits per heavy atom. The molecule has 1 aromatic carbocycles. The Balaban J connectivity index is 2.07. The number of nitrogen functional groups attached to an aromatic ring is 1. The van der Waals surface area contributed by atoms with Gasteiger partial charge in [0.2, 0.25) is 5.91 Å². The Labute approximate surface area is 126 Å². The zero-order valence-electron chi connectivity index (χ0n) is 11.3. The number of amides is 2. The molecule has 0 spiro atoms. The molecule has 0 fully saturated rings. The first-order valence-corrected chi connectivity index (χ1v) is 6.46. The van der Waals surface area contributed by atoms with Gasteiger partial charge in [-0.1, -0.05) is 11.6 Å². The molecule has 7 nitrogen and oxygen atoms in total. The highest BCUT2D eigenvalue weighted by atomic mass is 35.5. The van der Waals surface area contributed by atoms with E-state index in [1.807, 2.05) is 0 Å². The van der Waals surface area contributed by atoms with E-state index in [1.165, 1.54) is 30.1 Å². The standard InChI is InChI=1S/C13H14ClN5O2/c1-16-12(20)7-19-6-11(5-17-19)18-13(21)8-2-9(14)4-10(15)3-8/h2-6H,7,15H2,1H3,(H,16,20)(H,18,21). The number of likely N-dealkylation sites (N-methyl/N-ethyl adjacent to an activating group) is 1. The van der Waals surface area contributed by atoms with Crippen molar-refractivity contribution in [3.05, 3.63) is 41.2 Å². The van der Waals surface area contributed by atoms with Gasteiger partial charge in [0.05, 0.1) is 11.9 Å². The SMILES string of the molecule is CNC(=O)Cn1cc(NC(=O)c2cc(N)cc(Cl)c2)cn1. The quantitative estimate of drug-likeness (QED) is 0.736. The zero-order valence-corrected chi connectivity index (χ0v) is 12.0. The molecule has 2 aromatic rings. The smallest absolute Gasteiger partial charge is 0.255 e. The number of nitrogens with zero attached hydrogens (tertiary/aromatic N) is 2. The molecule has 1 aromatic heterocycles. The molecule has 8 heteroatoms. The predicted octanol–water partition coefficient (Wildman–Crippen LogP) is 1.12. The molecule has 0 atom stereocenters. The number of carbonyl (C=O) groups excluding carboxylic acids is 2. The molecule has 2 rings (SSSR count). The highest BCUT2D eigenvalue weighted by molar-refractivity contribution is 6.31. The zero-order chi connectivity index (χ0) is 15.4. The van der Waals surface area contributed by atoms with Crippen LogP contribution in [-0.2, 0) is 11.3 Å². The predicted molar refractivity (Wildman–Crippen MR) is 80.1 cm³/mol. The van der Waals surface area contributed by atoms with Gasteiger partial charge in [-0.2, -0.15) is 5.10 Å². The van der Waals surface area contributed by atoms with Crippen LogP contribution in [0.2, 0.25) is 5.02 Å². The molecule has 4 N–H and O–H groups in total. The molecule has 0 saturated carbocycles. The molecule has 1 heterocycles. The first kappa shape index (κ1) is 14.9. The summed E-state index contributed by atoms with van der Waals surface area (Å²) in [6.07, 6.45) is 3.01. The minimum atomic E-state index is -0.358. The highest BCUT2D eigenvalue weighted by Crippen LogP contribution is 2.17. The summed E-state index contributed by atoms with van der Waals surface area (Å²) in [7, 11) is 1.54. The molecular formula is C13H14ClN5O2. The summed E-state index contributed by atoms with van der Waals surface area (Å²) in [5, 5.41) is 9.50. The maximum Gasteiger partial charge on any atom is 0.255 e. The summed E-state index contributed by atoms with van der Waals surface area (Å²) in [4.78, 5) is 23.3. The Morgan fingerprint density at radius 1 is 1.38 bits per heavy atom. The lowest BCUT2D eigenvalue weighted by Gasteiger charge is -2.04. The summed E-state index contributed by atoms with van der Waals surface area (Å²) in [5.41, 5.74) is 6.87. The van der Waals surface area contributed by atoms with Crippen LogP contribution in [0.3, 0.4) is 0 Å². The van der Waals surface area contributed by atoms with Crippen molar-refractivity contribution in [1.29, 1.82) is 0 Å². The lowest BCUT2D eigenvalue weighted by atomic mass is 10.2. The van der Waals surface area contributed by atoms with E-state index in [0.717, 1.165) is 0 Å². The highest BCUT2D eigenvalue weighted by Gasteiger charge is 2.10. The third kappa shape index (κ3) is 3.96. The average molecular weight is 308 g/mol. The van der Waals surface area contributed by atoms with E-state index in [4.69, 9.17) is 17.3 Å². The van der Waals surface area contributed by atoms with Gasteiger partial charge in [-0.15, -0.1) is 0 Å². The average Bonchev–Trinajstić information content (AvgIpc) is 2.84. The number of halogens is 1. The largest absolute Gasteiger partial charge is 0.399 e. The van der Waals surface area contributed by atoms with Gasteiger partial charge in [-0.3, -0.25) is 14.3 Å². The maximum atomic E-state index is 12.1. The summed E-state index contributed by atoms with van der Waals surface area (Å²) in [5.74, 6) is -0.540. The Kier molecular flexibility index (Phi) is 4.44. The lowest BCUT2D eigenvalue weighted by Crippen LogP contribution is -2.23. The number of nitrogens with one attached hydrogen (secondary N) is 2. The maximum absolute atomic E-state index is 12.1. The fourth-order valence-corrected chi connectivity index (χ4v) is 1.93. The van der Waals surface area contributed by atoms with Gasteiger partial charge in [0.25, 0.3) is 5.91 Å². The minimum Gasteiger partial charge on any atom is -0.399 e. The molecule has 0 aliphatic rings. The Morgan fingerprint density at radius 3 is 2.81 bits per heavy atom. The van der Waals surface area contributed by atoms with Crippen molar-refractivity contribution in [2.24, 2.45) is 0 Å². The second-order valence-corrected chi connectivity index (χ2v) is 4.76. The number of rotatable bonds is 4. The number of anilines is 2. The van der Waals surface area contributed by atoms with Gasteiger partial charge < -0.3 is 16.4 Å². The third-order valence-corrected chi connectivity index (χ3v) is 2.88. The molecule has 0 radical (unpaired) electrons. The summed E-state index contributed by atoms with van der Waals surface area (Å²) in [6, 6.07) is 4.60. The first-order chi connectivity index (χ1) is 9.97. The minimum absolute atomic E-state index is 0.0798. The fourth-order valence-electron chi connectivity index (χ4n) is 1.69. The van der Waals surface area contributed by atoms with Gasteiger partial charge in [0.15, 0.2) is 0 Å². The Bertz CT molecular complexity index is 663. The van der Waals surface area contributed by atoms with Crippen LogP contribution in [0.25, 0.3) is 0 Å². The molecule has 0 saturated heterocycles. The number of carbonyl (C=O) groups is 2. The van der Waals surface area contributed by atoms with Crippen LogP contribution in [0, 0.1) is 0 Å². The number of nitrogens with two attached hydrogens (primary N) is 1. The summed E-state index contributed by atoms with van der Waals surface area (Å²) < 4.78 is 1.42.